The molecule has 3 heteroatoms. The predicted octanol–water partition coefficient (Wildman–Crippen LogP) is 4.14. The molecule has 0 radical (unpaired) electrons. The van der Waals surface area contributed by atoms with Crippen molar-refractivity contribution < 1.29 is 0 Å². The lowest BCUT2D eigenvalue weighted by Crippen LogP contribution is -2.61. The number of nitrogens with zero attached hydrogens (tertiary/aromatic N) is 1. The summed E-state index contributed by atoms with van der Waals surface area (Å²) >= 11 is 0. The van der Waals surface area contributed by atoms with Crippen LogP contribution in [0, 0.1) is 0 Å². The van der Waals surface area contributed by atoms with Gasteiger partial charge in [0.2, 0.25) is 0 Å². The number of likely N-dealkylation sites (N-methyl/N-ethyl adjacent to an activating group) is 3. The van der Waals surface area contributed by atoms with Gasteiger partial charge in [-0.15, -0.1) is 0 Å². The highest BCUT2D eigenvalue weighted by atomic mass is 15.3. The molecule has 0 unspecified atom stereocenters. The van der Waals surface area contributed by atoms with E-state index in [0.29, 0.717) is 0 Å². The smallest absolute Gasteiger partial charge is 0.0813 e. The normalized spacial score (nSPS) is 16.8. The van der Waals surface area contributed by atoms with Gasteiger partial charge in [-0.2, -0.15) is 0 Å². The molecule has 1 aliphatic rings. The predicted molar refractivity (Wildman–Crippen MR) is 98.3 cm³/mol. The maximum atomic E-state index is 3.58. The number of hydrogen-bond acceptors (Lipinski definition) is 3. The van der Waals surface area contributed by atoms with Crippen LogP contribution in [0.4, 0.5) is 0 Å². The van der Waals surface area contributed by atoms with Crippen LogP contribution in [0.2, 0.25) is 0 Å². The van der Waals surface area contributed by atoms with Gasteiger partial charge >= 0.3 is 0 Å². The zero-order valence-electron chi connectivity index (χ0n) is 15.7. The van der Waals surface area contributed by atoms with Gasteiger partial charge in [-0.3, -0.25) is 0 Å². The molecule has 1 aliphatic carbocycles. The molecule has 3 nitrogen and oxygen atoms in total. The highest BCUT2D eigenvalue weighted by molar-refractivity contribution is 4.88. The van der Waals surface area contributed by atoms with Crippen LogP contribution in [-0.2, 0) is 0 Å². The Morgan fingerprint density at radius 2 is 1.45 bits per heavy atom. The van der Waals surface area contributed by atoms with E-state index in [1.165, 1.54) is 77.0 Å². The van der Waals surface area contributed by atoms with Gasteiger partial charge in [-0.25, -0.2) is 0 Å². The van der Waals surface area contributed by atoms with Crippen LogP contribution in [-0.4, -0.2) is 44.3 Å². The molecule has 1 rings (SSSR count). The minimum Gasteiger partial charge on any atom is -0.301 e. The minimum atomic E-state index is 0.0841. The van der Waals surface area contributed by atoms with Crippen molar-refractivity contribution in [2.75, 3.05) is 27.7 Å². The second kappa shape index (κ2) is 11.4. The molecule has 0 bridgehead atoms. The zero-order chi connectivity index (χ0) is 16.3. The molecule has 0 saturated heterocycles. The van der Waals surface area contributed by atoms with Gasteiger partial charge in [0.1, 0.15) is 0 Å². The fourth-order valence-electron chi connectivity index (χ4n) is 3.90. The maximum Gasteiger partial charge on any atom is 0.0813 e. The molecule has 0 aliphatic heterocycles. The standard InChI is InChI=1S/C19H41N3/c1-5-6-7-8-9-10-13-16-19(20-2,21-3)17-22(4)18-14-11-12-15-18/h18,20-21H,5-17H2,1-4H3. The molecule has 1 fully saturated rings. The molecule has 0 aromatic heterocycles. The van der Waals surface area contributed by atoms with Gasteiger partial charge in [0.25, 0.3) is 0 Å². The molecule has 22 heavy (non-hydrogen) atoms. The number of unbranched alkanes of at least 4 members (excludes halogenated alkanes) is 6. The van der Waals surface area contributed by atoms with Crippen molar-refractivity contribution in [2.45, 2.75) is 95.7 Å². The van der Waals surface area contributed by atoms with Gasteiger partial charge < -0.3 is 15.5 Å². The van der Waals surface area contributed by atoms with Crippen molar-refractivity contribution in [1.29, 1.82) is 0 Å². The van der Waals surface area contributed by atoms with Gasteiger partial charge in [-0.1, -0.05) is 64.7 Å². The molecule has 0 aromatic carbocycles. The summed E-state index contributed by atoms with van der Waals surface area (Å²) in [5.74, 6) is 0. The Bertz CT molecular complexity index is 257. The Balaban J connectivity index is 2.28. The van der Waals surface area contributed by atoms with Crippen molar-refractivity contribution in [3.8, 4) is 0 Å². The average Bonchev–Trinajstić information content (AvgIpc) is 3.07. The van der Waals surface area contributed by atoms with E-state index in [9.17, 15) is 0 Å². The fourth-order valence-corrected chi connectivity index (χ4v) is 3.90. The molecule has 0 spiro atoms. The summed E-state index contributed by atoms with van der Waals surface area (Å²) in [6.07, 6.45) is 16.5. The molecule has 1 saturated carbocycles. The van der Waals surface area contributed by atoms with Gasteiger partial charge in [0.15, 0.2) is 0 Å². The summed E-state index contributed by atoms with van der Waals surface area (Å²) < 4.78 is 0. The zero-order valence-corrected chi connectivity index (χ0v) is 15.7. The van der Waals surface area contributed by atoms with E-state index in [1.807, 2.05) is 0 Å². The molecular weight excluding hydrogens is 270 g/mol. The van der Waals surface area contributed by atoms with E-state index >= 15 is 0 Å². The summed E-state index contributed by atoms with van der Waals surface area (Å²) in [6.45, 7) is 3.40. The van der Waals surface area contributed by atoms with Crippen molar-refractivity contribution in [1.82, 2.24) is 15.5 Å². The topological polar surface area (TPSA) is 27.3 Å². The van der Waals surface area contributed by atoms with Gasteiger partial charge in [-0.05, 0) is 40.4 Å². The van der Waals surface area contributed by atoms with Crippen molar-refractivity contribution in [3.63, 3.8) is 0 Å². The van der Waals surface area contributed by atoms with Gasteiger partial charge in [0.05, 0.1) is 5.66 Å². The third-order valence-corrected chi connectivity index (χ3v) is 5.63. The number of rotatable bonds is 13. The van der Waals surface area contributed by atoms with Crippen LogP contribution in [0.1, 0.15) is 84.0 Å². The van der Waals surface area contributed by atoms with Crippen LogP contribution in [0.5, 0.6) is 0 Å². The van der Waals surface area contributed by atoms with E-state index in [2.05, 4.69) is 43.6 Å². The summed E-state index contributed by atoms with van der Waals surface area (Å²) in [5, 5.41) is 7.16. The van der Waals surface area contributed by atoms with E-state index in [1.54, 1.807) is 0 Å². The summed E-state index contributed by atoms with van der Waals surface area (Å²) in [6, 6.07) is 0.801. The second-order valence-electron chi connectivity index (χ2n) is 7.31. The van der Waals surface area contributed by atoms with E-state index in [4.69, 9.17) is 0 Å². The van der Waals surface area contributed by atoms with Crippen LogP contribution in [0.3, 0.4) is 0 Å². The lowest BCUT2D eigenvalue weighted by Gasteiger charge is -2.39. The number of nitrogens with one attached hydrogen (secondary N) is 2. The Hall–Kier alpha value is -0.120. The molecule has 0 aromatic rings. The highest BCUT2D eigenvalue weighted by Crippen LogP contribution is 2.24. The Morgan fingerprint density at radius 3 is 2.00 bits per heavy atom. The van der Waals surface area contributed by atoms with Crippen molar-refractivity contribution in [2.24, 2.45) is 0 Å². The van der Waals surface area contributed by atoms with Crippen molar-refractivity contribution >= 4 is 0 Å². The van der Waals surface area contributed by atoms with Crippen LogP contribution in [0.15, 0.2) is 0 Å². The third-order valence-electron chi connectivity index (χ3n) is 5.63. The van der Waals surface area contributed by atoms with Crippen LogP contribution < -0.4 is 10.6 Å². The second-order valence-corrected chi connectivity index (χ2v) is 7.31. The van der Waals surface area contributed by atoms with E-state index in [0.717, 1.165) is 12.6 Å². The van der Waals surface area contributed by atoms with Crippen molar-refractivity contribution in [3.05, 3.63) is 0 Å². The molecular formula is C19H41N3. The lowest BCUT2D eigenvalue weighted by molar-refractivity contribution is 0.138. The summed E-state index contributed by atoms with van der Waals surface area (Å²) in [4.78, 5) is 2.58. The fraction of sp³-hybridized carbons (Fsp3) is 1.00. The summed E-state index contributed by atoms with van der Waals surface area (Å²) in [7, 11) is 6.53. The quantitative estimate of drug-likeness (QED) is 0.395. The monoisotopic (exact) mass is 311 g/mol. The average molecular weight is 312 g/mol. The number of hydrogen-bond donors (Lipinski definition) is 2. The van der Waals surface area contributed by atoms with Crippen LogP contribution in [0.25, 0.3) is 0 Å². The SMILES string of the molecule is CCCCCCCCCC(CN(C)C1CCCC1)(NC)NC. The molecule has 0 heterocycles. The lowest BCUT2D eigenvalue weighted by atomic mass is 9.99. The minimum absolute atomic E-state index is 0.0841. The summed E-state index contributed by atoms with van der Waals surface area (Å²) in [5.41, 5.74) is 0.0841. The first-order chi connectivity index (χ1) is 10.7. The molecule has 2 N–H and O–H groups in total. The molecule has 0 atom stereocenters. The molecule has 132 valence electrons. The maximum absolute atomic E-state index is 3.58. The first-order valence-corrected chi connectivity index (χ1v) is 9.75. The van der Waals surface area contributed by atoms with E-state index < -0.39 is 0 Å². The van der Waals surface area contributed by atoms with E-state index in [-0.39, 0.29) is 5.66 Å². The Kier molecular flexibility index (Phi) is 10.3. The largest absolute Gasteiger partial charge is 0.301 e. The Morgan fingerprint density at radius 1 is 0.909 bits per heavy atom. The Labute approximate surface area is 139 Å². The van der Waals surface area contributed by atoms with Crippen LogP contribution >= 0.6 is 0 Å². The highest BCUT2D eigenvalue weighted by Gasteiger charge is 2.30. The molecule has 0 amide bonds. The first kappa shape index (κ1) is 19.9. The van der Waals surface area contributed by atoms with Gasteiger partial charge in [0, 0.05) is 12.6 Å². The third kappa shape index (κ3) is 6.97. The first-order valence-electron chi connectivity index (χ1n) is 9.75.